The monoisotopic (exact) mass is 221 g/mol. The van der Waals surface area contributed by atoms with Gasteiger partial charge in [0.2, 0.25) is 0 Å². The lowest BCUT2D eigenvalue weighted by Crippen LogP contribution is -2.62. The molecule has 4 aliphatic rings. The van der Waals surface area contributed by atoms with Gasteiger partial charge in [-0.3, -0.25) is 0 Å². The van der Waals surface area contributed by atoms with Crippen molar-refractivity contribution >= 4 is 0 Å². The van der Waals surface area contributed by atoms with Gasteiger partial charge in [0.25, 0.3) is 0 Å². The quantitative estimate of drug-likeness (QED) is 0.689. The van der Waals surface area contributed by atoms with Crippen molar-refractivity contribution in [1.29, 1.82) is 0 Å². The molecule has 0 aromatic rings. The second-order valence-electron chi connectivity index (χ2n) is 7.60. The van der Waals surface area contributed by atoms with E-state index in [0.29, 0.717) is 11.0 Å². The molecule has 92 valence electrons. The van der Waals surface area contributed by atoms with Crippen molar-refractivity contribution in [3.05, 3.63) is 0 Å². The predicted octanol–water partition coefficient (Wildman–Crippen LogP) is 3.54. The highest BCUT2D eigenvalue weighted by Crippen LogP contribution is 2.65. The Hall–Kier alpha value is -0.0400. The summed E-state index contributed by atoms with van der Waals surface area (Å²) < 4.78 is 0. The van der Waals surface area contributed by atoms with Crippen LogP contribution in [0.25, 0.3) is 0 Å². The van der Waals surface area contributed by atoms with E-state index >= 15 is 0 Å². The summed E-state index contributed by atoms with van der Waals surface area (Å²) in [6.45, 7) is 4.94. The molecule has 4 rings (SSSR count). The Morgan fingerprint density at radius 2 is 1.56 bits per heavy atom. The molecule has 0 aromatic carbocycles. The van der Waals surface area contributed by atoms with Gasteiger partial charge in [0.1, 0.15) is 0 Å². The maximum atomic E-state index is 2.57. The Labute approximate surface area is 101 Å². The SMILES string of the molecule is CC(C)C12CC3CC(C1)CC(N(C)C)(C3)C2. The lowest BCUT2D eigenvalue weighted by atomic mass is 9.44. The molecule has 1 nitrogen and oxygen atoms in total. The second kappa shape index (κ2) is 3.25. The minimum atomic E-state index is 0.578. The van der Waals surface area contributed by atoms with Gasteiger partial charge in [-0.2, -0.15) is 0 Å². The van der Waals surface area contributed by atoms with Gasteiger partial charge in [0.05, 0.1) is 0 Å². The zero-order valence-electron chi connectivity index (χ0n) is 11.4. The van der Waals surface area contributed by atoms with E-state index in [2.05, 4.69) is 32.8 Å². The van der Waals surface area contributed by atoms with E-state index in [9.17, 15) is 0 Å². The van der Waals surface area contributed by atoms with Crippen molar-refractivity contribution < 1.29 is 0 Å². The normalized spacial score (nSPS) is 50.6. The molecular formula is C15H27N. The molecule has 4 fully saturated rings. The molecule has 0 aromatic heterocycles. The minimum absolute atomic E-state index is 0.578. The van der Waals surface area contributed by atoms with E-state index in [0.717, 1.165) is 17.8 Å². The van der Waals surface area contributed by atoms with Crippen molar-refractivity contribution in [2.24, 2.45) is 23.2 Å². The van der Waals surface area contributed by atoms with Gasteiger partial charge in [0.15, 0.2) is 0 Å². The summed E-state index contributed by atoms with van der Waals surface area (Å²) in [5, 5.41) is 0. The topological polar surface area (TPSA) is 3.24 Å². The van der Waals surface area contributed by atoms with Crippen LogP contribution in [0.2, 0.25) is 0 Å². The lowest BCUT2D eigenvalue weighted by molar-refractivity contribution is -0.137. The van der Waals surface area contributed by atoms with Crippen LogP contribution in [-0.4, -0.2) is 24.5 Å². The molecule has 0 N–H and O–H groups in total. The van der Waals surface area contributed by atoms with Gasteiger partial charge < -0.3 is 4.90 Å². The molecule has 0 radical (unpaired) electrons. The molecule has 4 aliphatic carbocycles. The molecule has 0 heterocycles. The maximum Gasteiger partial charge on any atom is 0.0214 e. The zero-order chi connectivity index (χ0) is 11.6. The number of hydrogen-bond acceptors (Lipinski definition) is 1. The van der Waals surface area contributed by atoms with Crippen LogP contribution in [0.1, 0.15) is 52.4 Å². The van der Waals surface area contributed by atoms with E-state index in [-0.39, 0.29) is 0 Å². The Kier molecular flexibility index (Phi) is 2.25. The Morgan fingerprint density at radius 1 is 1.00 bits per heavy atom. The first-order chi connectivity index (χ1) is 7.46. The van der Waals surface area contributed by atoms with E-state index in [1.54, 1.807) is 6.42 Å². The molecule has 0 amide bonds. The summed E-state index contributed by atoms with van der Waals surface area (Å²) in [6, 6.07) is 0. The van der Waals surface area contributed by atoms with Gasteiger partial charge >= 0.3 is 0 Å². The molecule has 0 aliphatic heterocycles. The van der Waals surface area contributed by atoms with Crippen molar-refractivity contribution in [3.63, 3.8) is 0 Å². The van der Waals surface area contributed by atoms with Crippen LogP contribution < -0.4 is 0 Å². The summed E-state index contributed by atoms with van der Waals surface area (Å²) in [5.74, 6) is 2.98. The highest BCUT2D eigenvalue weighted by molar-refractivity contribution is 5.12. The first-order valence-corrected chi connectivity index (χ1v) is 7.13. The van der Waals surface area contributed by atoms with Crippen molar-refractivity contribution in [2.75, 3.05) is 14.1 Å². The fourth-order valence-electron chi connectivity index (χ4n) is 5.48. The summed E-state index contributed by atoms with van der Waals surface area (Å²) in [5.41, 5.74) is 1.28. The Bertz CT molecular complexity index is 252. The smallest absolute Gasteiger partial charge is 0.0214 e. The average Bonchev–Trinajstić information content (AvgIpc) is 2.14. The highest BCUT2D eigenvalue weighted by atomic mass is 15.2. The summed E-state index contributed by atoms with van der Waals surface area (Å²) in [6.07, 6.45) is 9.09. The molecule has 4 saturated carbocycles. The summed E-state index contributed by atoms with van der Waals surface area (Å²) >= 11 is 0. The lowest BCUT2D eigenvalue weighted by Gasteiger charge is -2.65. The first kappa shape index (κ1) is 11.1. The van der Waals surface area contributed by atoms with Gasteiger partial charge in [-0.15, -0.1) is 0 Å². The molecule has 16 heavy (non-hydrogen) atoms. The fourth-order valence-corrected chi connectivity index (χ4v) is 5.48. The van der Waals surface area contributed by atoms with Crippen LogP contribution in [-0.2, 0) is 0 Å². The predicted molar refractivity (Wildman–Crippen MR) is 68.4 cm³/mol. The zero-order valence-corrected chi connectivity index (χ0v) is 11.4. The van der Waals surface area contributed by atoms with E-state index in [4.69, 9.17) is 0 Å². The molecule has 2 unspecified atom stereocenters. The number of nitrogens with zero attached hydrogens (tertiary/aromatic N) is 1. The van der Waals surface area contributed by atoms with Crippen LogP contribution >= 0.6 is 0 Å². The number of rotatable bonds is 2. The first-order valence-electron chi connectivity index (χ1n) is 7.13. The minimum Gasteiger partial charge on any atom is -0.304 e. The molecular weight excluding hydrogens is 194 g/mol. The molecule has 4 bridgehead atoms. The van der Waals surface area contributed by atoms with Crippen LogP contribution in [0, 0.1) is 23.2 Å². The maximum absolute atomic E-state index is 2.57. The summed E-state index contributed by atoms with van der Waals surface area (Å²) in [7, 11) is 4.64. The van der Waals surface area contributed by atoms with Crippen LogP contribution in [0.15, 0.2) is 0 Å². The van der Waals surface area contributed by atoms with Gasteiger partial charge in [-0.05, 0) is 75.8 Å². The third-order valence-corrected chi connectivity index (χ3v) is 6.25. The standard InChI is InChI=1S/C15H27N/c1-11(2)14-6-12-5-13(7-14)9-15(8-12,10-14)16(3)4/h11-13H,5-10H2,1-4H3. The highest BCUT2D eigenvalue weighted by Gasteiger charge is 2.59. The molecule has 1 heteroatoms. The number of hydrogen-bond donors (Lipinski definition) is 0. The Balaban J connectivity index is 1.97. The van der Waals surface area contributed by atoms with E-state index in [1.165, 1.54) is 32.1 Å². The van der Waals surface area contributed by atoms with E-state index in [1.807, 2.05) is 0 Å². The van der Waals surface area contributed by atoms with Crippen LogP contribution in [0.4, 0.5) is 0 Å². The van der Waals surface area contributed by atoms with Crippen LogP contribution in [0.5, 0.6) is 0 Å². The largest absolute Gasteiger partial charge is 0.304 e. The molecule has 2 atom stereocenters. The van der Waals surface area contributed by atoms with E-state index < -0.39 is 0 Å². The van der Waals surface area contributed by atoms with Gasteiger partial charge in [-0.1, -0.05) is 13.8 Å². The summed E-state index contributed by atoms with van der Waals surface area (Å²) in [4.78, 5) is 2.57. The van der Waals surface area contributed by atoms with Gasteiger partial charge in [-0.25, -0.2) is 0 Å². The van der Waals surface area contributed by atoms with Gasteiger partial charge in [0, 0.05) is 5.54 Å². The second-order valence-corrected chi connectivity index (χ2v) is 7.60. The molecule has 0 saturated heterocycles. The Morgan fingerprint density at radius 3 is 2.00 bits per heavy atom. The third kappa shape index (κ3) is 1.33. The molecule has 0 spiro atoms. The fraction of sp³-hybridized carbons (Fsp3) is 1.00. The third-order valence-electron chi connectivity index (χ3n) is 6.25. The van der Waals surface area contributed by atoms with Crippen molar-refractivity contribution in [1.82, 2.24) is 4.90 Å². The van der Waals surface area contributed by atoms with Crippen LogP contribution in [0.3, 0.4) is 0 Å². The van der Waals surface area contributed by atoms with Crippen molar-refractivity contribution in [3.8, 4) is 0 Å². The van der Waals surface area contributed by atoms with Crippen molar-refractivity contribution in [2.45, 2.75) is 57.9 Å². The average molecular weight is 221 g/mol.